The van der Waals surface area contributed by atoms with E-state index in [0.29, 0.717) is 0 Å². The highest BCUT2D eigenvalue weighted by molar-refractivity contribution is 7.88. The Morgan fingerprint density at radius 2 is 0.952 bits per heavy atom. The lowest BCUT2D eigenvalue weighted by Crippen LogP contribution is -2.66. The summed E-state index contributed by atoms with van der Waals surface area (Å²) >= 11 is 0. The molecule has 0 saturated heterocycles. The van der Waals surface area contributed by atoms with Gasteiger partial charge in [0.1, 0.15) is 0 Å². The van der Waals surface area contributed by atoms with Crippen LogP contribution in [0.25, 0.3) is 0 Å². The SMILES string of the molecule is O=S(=O)(O)C(F)(F)C(F)(OC(O)(F)F)C(F)(F)S(=O)(=O)O. The Morgan fingerprint density at radius 1 is 0.714 bits per heavy atom. The van der Waals surface area contributed by atoms with Crippen molar-refractivity contribution in [2.75, 3.05) is 0 Å². The molecule has 0 rings (SSSR count). The topological polar surface area (TPSA) is 138 Å². The Kier molecular flexibility index (Phi) is 4.70. The van der Waals surface area contributed by atoms with Gasteiger partial charge < -0.3 is 5.11 Å². The molecule has 0 amide bonds. The summed E-state index contributed by atoms with van der Waals surface area (Å²) in [7, 11) is -14.6. The molecule has 0 aliphatic carbocycles. The van der Waals surface area contributed by atoms with Crippen LogP contribution in [0.3, 0.4) is 0 Å². The van der Waals surface area contributed by atoms with Crippen LogP contribution in [0.1, 0.15) is 0 Å². The highest BCUT2D eigenvalue weighted by atomic mass is 32.2. The zero-order valence-electron chi connectivity index (χ0n) is 8.85. The molecule has 21 heavy (non-hydrogen) atoms. The first-order chi connectivity index (χ1) is 8.71. The molecule has 0 heterocycles. The molecule has 128 valence electrons. The lowest BCUT2D eigenvalue weighted by molar-refractivity contribution is -0.469. The van der Waals surface area contributed by atoms with Gasteiger partial charge in [0.2, 0.25) is 0 Å². The van der Waals surface area contributed by atoms with Crippen LogP contribution in [0.4, 0.5) is 30.7 Å². The summed E-state index contributed by atoms with van der Waals surface area (Å²) in [4.78, 5) is 0. The van der Waals surface area contributed by atoms with Crippen LogP contribution in [0, 0.1) is 0 Å². The Bertz CT molecular complexity index is 559. The van der Waals surface area contributed by atoms with Gasteiger partial charge in [-0.1, -0.05) is 0 Å². The van der Waals surface area contributed by atoms with Crippen LogP contribution >= 0.6 is 0 Å². The van der Waals surface area contributed by atoms with E-state index in [0.717, 1.165) is 0 Å². The number of alkyl halides is 7. The minimum atomic E-state index is -7.31. The van der Waals surface area contributed by atoms with Crippen molar-refractivity contribution in [2.24, 2.45) is 0 Å². The first kappa shape index (κ1) is 20.2. The van der Waals surface area contributed by atoms with Gasteiger partial charge in [-0.15, -0.1) is 8.78 Å². The van der Waals surface area contributed by atoms with Crippen molar-refractivity contribution in [1.82, 2.24) is 0 Å². The molecule has 0 unspecified atom stereocenters. The Morgan fingerprint density at radius 3 is 1.10 bits per heavy atom. The third kappa shape index (κ3) is 3.37. The summed E-state index contributed by atoms with van der Waals surface area (Å²) < 4.78 is 147. The number of hydrogen-bond donors (Lipinski definition) is 3. The second-order valence-corrected chi connectivity index (χ2v) is 6.09. The highest BCUT2D eigenvalue weighted by Crippen LogP contribution is 2.51. The fourth-order valence-electron chi connectivity index (χ4n) is 0.789. The smallest absolute Gasteiger partial charge is 0.311 e. The molecule has 3 N–H and O–H groups in total. The maximum atomic E-state index is 13.4. The molecular formula is C4H3F7O8S2. The summed E-state index contributed by atoms with van der Waals surface area (Å²) in [6.07, 6.45) is -6.25. The molecular weight excluding hydrogens is 373 g/mol. The van der Waals surface area contributed by atoms with Crippen molar-refractivity contribution in [3.8, 4) is 0 Å². The maximum absolute atomic E-state index is 13.4. The number of rotatable bonds is 6. The average molecular weight is 376 g/mol. The fourth-order valence-corrected chi connectivity index (χ4v) is 1.86. The van der Waals surface area contributed by atoms with E-state index in [1.807, 2.05) is 0 Å². The number of ether oxygens (including phenoxy) is 1. The second kappa shape index (κ2) is 4.88. The predicted octanol–water partition coefficient (Wildman–Crippen LogP) is 0.173. The van der Waals surface area contributed by atoms with Gasteiger partial charge in [0.25, 0.3) is 0 Å². The van der Waals surface area contributed by atoms with Crippen molar-refractivity contribution in [2.45, 2.75) is 22.7 Å². The molecule has 0 aromatic carbocycles. The molecule has 8 nitrogen and oxygen atoms in total. The van der Waals surface area contributed by atoms with Gasteiger partial charge in [-0.25, -0.2) is 4.74 Å². The van der Waals surface area contributed by atoms with Crippen LogP contribution < -0.4 is 0 Å². The lowest BCUT2D eigenvalue weighted by Gasteiger charge is -2.35. The summed E-state index contributed by atoms with van der Waals surface area (Å²) in [6.45, 7) is 0. The molecule has 0 aliphatic heterocycles. The van der Waals surface area contributed by atoms with Crippen LogP contribution in [0.5, 0.6) is 0 Å². The summed E-state index contributed by atoms with van der Waals surface area (Å²) in [5.41, 5.74) is 0. The van der Waals surface area contributed by atoms with E-state index in [4.69, 9.17) is 14.2 Å². The Balaban J connectivity index is 6.60. The summed E-state index contributed by atoms with van der Waals surface area (Å²) in [5, 5.41) is -6.50. The molecule has 0 atom stereocenters. The third-order valence-electron chi connectivity index (χ3n) is 1.66. The van der Waals surface area contributed by atoms with Crippen LogP contribution in [0.2, 0.25) is 0 Å². The van der Waals surface area contributed by atoms with E-state index in [1.54, 1.807) is 4.74 Å². The minimum Gasteiger partial charge on any atom is -0.311 e. The molecule has 0 aliphatic rings. The molecule has 0 aromatic heterocycles. The fraction of sp³-hybridized carbons (Fsp3) is 1.00. The first-order valence-electron chi connectivity index (χ1n) is 3.89. The normalized spacial score (nSPS) is 16.1. The summed E-state index contributed by atoms with van der Waals surface area (Å²) in [5.74, 6) is -7.10. The number of aliphatic hydroxyl groups is 1. The number of halogens is 7. The molecule has 0 radical (unpaired) electrons. The van der Waals surface area contributed by atoms with Crippen molar-refractivity contribution in [3.63, 3.8) is 0 Å². The minimum absolute atomic E-state index is 1.79. The second-order valence-electron chi connectivity index (χ2n) is 3.17. The van der Waals surface area contributed by atoms with E-state index < -0.39 is 42.9 Å². The predicted molar refractivity (Wildman–Crippen MR) is 45.1 cm³/mol. The monoisotopic (exact) mass is 376 g/mol. The van der Waals surface area contributed by atoms with Crippen molar-refractivity contribution in [3.05, 3.63) is 0 Å². The zero-order valence-corrected chi connectivity index (χ0v) is 10.5. The molecule has 0 spiro atoms. The van der Waals surface area contributed by atoms with Gasteiger partial charge >= 0.3 is 42.9 Å². The van der Waals surface area contributed by atoms with Gasteiger partial charge in [0, 0.05) is 0 Å². The Hall–Kier alpha value is -0.750. The highest BCUT2D eigenvalue weighted by Gasteiger charge is 2.84. The van der Waals surface area contributed by atoms with E-state index >= 15 is 0 Å². The average Bonchev–Trinajstić information content (AvgIpc) is 2.10. The number of hydrogen-bond acceptors (Lipinski definition) is 6. The first-order valence-corrected chi connectivity index (χ1v) is 6.77. The third-order valence-corrected chi connectivity index (χ3v) is 3.48. The van der Waals surface area contributed by atoms with Crippen molar-refractivity contribution >= 4 is 20.2 Å². The van der Waals surface area contributed by atoms with Gasteiger partial charge in [0.15, 0.2) is 0 Å². The lowest BCUT2D eigenvalue weighted by atomic mass is 10.3. The van der Waals surface area contributed by atoms with Crippen LogP contribution in [0.15, 0.2) is 0 Å². The molecule has 17 heteroatoms. The van der Waals surface area contributed by atoms with E-state index in [1.165, 1.54) is 0 Å². The van der Waals surface area contributed by atoms with Crippen LogP contribution in [-0.4, -0.2) is 53.7 Å². The largest absolute Gasteiger partial charge is 0.486 e. The standard InChI is InChI=1S/C4H3F7O8S2/c5-1(19-4(10,11)12,2(6,7)20(13,14)15)3(8,9)21(16,17)18/h12H,(H,13,14,15)(H,16,17,18). The zero-order chi connectivity index (χ0) is 17.7. The van der Waals surface area contributed by atoms with Gasteiger partial charge in [-0.05, 0) is 0 Å². The van der Waals surface area contributed by atoms with Crippen molar-refractivity contribution < 1.29 is 66.5 Å². The van der Waals surface area contributed by atoms with E-state index in [9.17, 15) is 47.6 Å². The van der Waals surface area contributed by atoms with Gasteiger partial charge in [-0.2, -0.15) is 38.8 Å². The van der Waals surface area contributed by atoms with Gasteiger partial charge in [0.05, 0.1) is 0 Å². The van der Waals surface area contributed by atoms with Gasteiger partial charge in [-0.3, -0.25) is 9.11 Å². The van der Waals surface area contributed by atoms with E-state index in [2.05, 4.69) is 0 Å². The molecule has 0 bridgehead atoms. The van der Waals surface area contributed by atoms with Crippen LogP contribution in [-0.2, 0) is 25.0 Å². The Labute approximate surface area is 110 Å². The molecule has 0 aromatic rings. The van der Waals surface area contributed by atoms with Crippen molar-refractivity contribution in [1.29, 1.82) is 0 Å². The maximum Gasteiger partial charge on any atom is 0.486 e. The quantitative estimate of drug-likeness (QED) is 0.339. The van der Waals surface area contributed by atoms with E-state index in [-0.39, 0.29) is 0 Å². The summed E-state index contributed by atoms with van der Waals surface area (Å²) in [6, 6.07) is 0. The molecule has 0 saturated carbocycles. The molecule has 0 fully saturated rings.